The van der Waals surface area contributed by atoms with Crippen LogP contribution in [-0.4, -0.2) is 50.2 Å². The zero-order valence-corrected chi connectivity index (χ0v) is 17.4. The minimum absolute atomic E-state index is 0.137. The van der Waals surface area contributed by atoms with E-state index >= 15 is 0 Å². The summed E-state index contributed by atoms with van der Waals surface area (Å²) in [6.45, 7) is 5.37. The number of carbonyl (C=O) groups excluding carboxylic acids is 2. The van der Waals surface area contributed by atoms with Crippen LogP contribution in [0.5, 0.6) is 0 Å². The lowest BCUT2D eigenvalue weighted by Gasteiger charge is -2.26. The van der Waals surface area contributed by atoms with E-state index in [1.807, 2.05) is 6.92 Å². The van der Waals surface area contributed by atoms with Crippen molar-refractivity contribution >= 4 is 27.5 Å². The summed E-state index contributed by atoms with van der Waals surface area (Å²) in [6, 6.07) is 4.25. The number of nitrogens with one attached hydrogen (secondary N) is 1. The van der Waals surface area contributed by atoms with Gasteiger partial charge in [0, 0.05) is 38.2 Å². The molecule has 0 saturated carbocycles. The Morgan fingerprint density at radius 2 is 1.86 bits per heavy atom. The molecule has 2 aliphatic rings. The number of benzene rings is 1. The molecule has 0 aromatic heterocycles. The van der Waals surface area contributed by atoms with Gasteiger partial charge in [-0.3, -0.25) is 14.5 Å². The number of anilines is 1. The molecule has 0 unspecified atom stereocenters. The first-order valence-corrected chi connectivity index (χ1v) is 11.6. The molecule has 2 aliphatic heterocycles. The molecule has 3 rings (SSSR count). The van der Waals surface area contributed by atoms with Gasteiger partial charge in [-0.05, 0) is 43.0 Å². The maximum Gasteiger partial charge on any atom is 0.243 e. The minimum atomic E-state index is -3.55. The third-order valence-electron chi connectivity index (χ3n) is 5.41. The van der Waals surface area contributed by atoms with Crippen LogP contribution in [0.15, 0.2) is 23.1 Å². The summed E-state index contributed by atoms with van der Waals surface area (Å²) in [5.74, 6) is -0.331. The molecule has 1 aromatic carbocycles. The van der Waals surface area contributed by atoms with Gasteiger partial charge in [-0.15, -0.1) is 0 Å². The first-order valence-electron chi connectivity index (χ1n) is 10.1. The highest BCUT2D eigenvalue weighted by molar-refractivity contribution is 7.89. The van der Waals surface area contributed by atoms with Crippen LogP contribution >= 0.6 is 0 Å². The van der Waals surface area contributed by atoms with Crippen molar-refractivity contribution in [3.8, 4) is 0 Å². The van der Waals surface area contributed by atoms with E-state index in [1.54, 1.807) is 25.1 Å². The summed E-state index contributed by atoms with van der Waals surface area (Å²) in [7, 11) is -3.55. The number of sulfonamides is 1. The fourth-order valence-electron chi connectivity index (χ4n) is 3.90. The summed E-state index contributed by atoms with van der Waals surface area (Å²) < 4.78 is 27.5. The second kappa shape index (κ2) is 8.61. The molecule has 2 heterocycles. The predicted molar refractivity (Wildman–Crippen MR) is 108 cm³/mol. The van der Waals surface area contributed by atoms with Crippen molar-refractivity contribution in [1.82, 2.24) is 9.62 Å². The normalized spacial score (nSPS) is 20.1. The molecule has 1 aromatic rings. The van der Waals surface area contributed by atoms with E-state index < -0.39 is 16.1 Å². The van der Waals surface area contributed by atoms with E-state index in [9.17, 15) is 18.0 Å². The number of amides is 2. The molecule has 1 saturated heterocycles. The molecular formula is C20H29N3O4S. The Labute approximate surface area is 167 Å². The Hall–Kier alpha value is -1.93. The first-order chi connectivity index (χ1) is 13.4. The third kappa shape index (κ3) is 3.93. The quantitative estimate of drug-likeness (QED) is 0.782. The Morgan fingerprint density at radius 3 is 2.50 bits per heavy atom. The van der Waals surface area contributed by atoms with E-state index in [1.165, 1.54) is 9.21 Å². The van der Waals surface area contributed by atoms with Gasteiger partial charge in [-0.25, -0.2) is 8.42 Å². The minimum Gasteiger partial charge on any atom is -0.354 e. The first kappa shape index (κ1) is 20.8. The maximum atomic E-state index is 13.0. The molecule has 0 bridgehead atoms. The van der Waals surface area contributed by atoms with Crippen molar-refractivity contribution < 1.29 is 18.0 Å². The van der Waals surface area contributed by atoms with Gasteiger partial charge in [-0.2, -0.15) is 4.31 Å². The zero-order valence-electron chi connectivity index (χ0n) is 16.6. The Bertz CT molecular complexity index is 847. The highest BCUT2D eigenvalue weighted by Crippen LogP contribution is 2.35. The predicted octanol–water partition coefficient (Wildman–Crippen LogP) is 2.06. The standard InChI is InChI=1S/C20H29N3O4S/c1-3-10-21-20(25)18-14-15-13-16(8-9-17(15)23(18)19(24)4-2)28(26,27)22-11-6-5-7-12-22/h8-9,13,18H,3-7,10-12,14H2,1-2H3,(H,21,25)/t18-/m0/s1. The van der Waals surface area contributed by atoms with Gasteiger partial charge in [0.15, 0.2) is 0 Å². The zero-order chi connectivity index (χ0) is 20.3. The molecular weight excluding hydrogens is 378 g/mol. The molecule has 0 aliphatic carbocycles. The number of nitrogens with zero attached hydrogens (tertiary/aromatic N) is 2. The molecule has 0 spiro atoms. The van der Waals surface area contributed by atoms with Crippen LogP contribution in [0.4, 0.5) is 5.69 Å². The lowest BCUT2D eigenvalue weighted by molar-refractivity contribution is -0.126. The van der Waals surface area contributed by atoms with Crippen LogP contribution < -0.4 is 10.2 Å². The summed E-state index contributed by atoms with van der Waals surface area (Å²) in [5, 5.41) is 2.86. The summed E-state index contributed by atoms with van der Waals surface area (Å²) in [4.78, 5) is 26.9. The van der Waals surface area contributed by atoms with Crippen LogP contribution in [0.2, 0.25) is 0 Å². The van der Waals surface area contributed by atoms with Crippen molar-refractivity contribution in [1.29, 1.82) is 0 Å². The van der Waals surface area contributed by atoms with Crippen LogP contribution in [-0.2, 0) is 26.0 Å². The number of hydrogen-bond acceptors (Lipinski definition) is 4. The van der Waals surface area contributed by atoms with Crippen molar-refractivity contribution in [3.63, 3.8) is 0 Å². The molecule has 1 atom stereocenters. The Morgan fingerprint density at radius 1 is 1.14 bits per heavy atom. The van der Waals surface area contributed by atoms with Crippen molar-refractivity contribution in [2.24, 2.45) is 0 Å². The second-order valence-electron chi connectivity index (χ2n) is 7.38. The second-order valence-corrected chi connectivity index (χ2v) is 9.32. The molecule has 1 N–H and O–H groups in total. The molecule has 1 fully saturated rings. The molecule has 28 heavy (non-hydrogen) atoms. The van der Waals surface area contributed by atoms with E-state index in [4.69, 9.17) is 0 Å². The lowest BCUT2D eigenvalue weighted by atomic mass is 10.1. The third-order valence-corrected chi connectivity index (χ3v) is 7.31. The van der Waals surface area contributed by atoms with Gasteiger partial charge in [0.05, 0.1) is 4.90 Å². The molecule has 2 amide bonds. The molecule has 7 nitrogen and oxygen atoms in total. The number of fused-ring (bicyclic) bond motifs is 1. The summed E-state index contributed by atoms with van der Waals surface area (Å²) in [6.07, 6.45) is 4.24. The van der Waals surface area contributed by atoms with Crippen LogP contribution in [0.3, 0.4) is 0 Å². The number of rotatable bonds is 6. The van der Waals surface area contributed by atoms with E-state index in [0.717, 1.165) is 31.2 Å². The van der Waals surface area contributed by atoms with Crippen LogP contribution in [0.1, 0.15) is 51.5 Å². The van der Waals surface area contributed by atoms with Gasteiger partial charge >= 0.3 is 0 Å². The number of carbonyl (C=O) groups is 2. The molecule has 154 valence electrons. The number of piperidine rings is 1. The summed E-state index contributed by atoms with van der Waals surface area (Å²) in [5.41, 5.74) is 1.37. The van der Waals surface area contributed by atoms with Crippen LogP contribution in [0, 0.1) is 0 Å². The lowest BCUT2D eigenvalue weighted by Crippen LogP contribution is -2.48. The van der Waals surface area contributed by atoms with Gasteiger partial charge in [0.1, 0.15) is 6.04 Å². The largest absolute Gasteiger partial charge is 0.354 e. The smallest absolute Gasteiger partial charge is 0.243 e. The van der Waals surface area contributed by atoms with E-state index in [2.05, 4.69) is 5.32 Å². The van der Waals surface area contributed by atoms with Crippen LogP contribution in [0.25, 0.3) is 0 Å². The summed E-state index contributed by atoms with van der Waals surface area (Å²) >= 11 is 0. The monoisotopic (exact) mass is 407 g/mol. The topological polar surface area (TPSA) is 86.8 Å². The fraction of sp³-hybridized carbons (Fsp3) is 0.600. The van der Waals surface area contributed by atoms with Crippen molar-refractivity contribution in [2.75, 3.05) is 24.5 Å². The Balaban J connectivity index is 1.92. The molecule has 0 radical (unpaired) electrons. The van der Waals surface area contributed by atoms with Gasteiger partial charge in [0.25, 0.3) is 0 Å². The highest BCUT2D eigenvalue weighted by atomic mass is 32.2. The Kier molecular flexibility index (Phi) is 6.40. The molecule has 8 heteroatoms. The van der Waals surface area contributed by atoms with Crippen molar-refractivity contribution in [3.05, 3.63) is 23.8 Å². The highest BCUT2D eigenvalue weighted by Gasteiger charge is 2.38. The van der Waals surface area contributed by atoms with Gasteiger partial charge < -0.3 is 5.32 Å². The maximum absolute atomic E-state index is 13.0. The average molecular weight is 408 g/mol. The van der Waals surface area contributed by atoms with Crippen molar-refractivity contribution in [2.45, 2.75) is 63.3 Å². The average Bonchev–Trinajstić information content (AvgIpc) is 3.11. The number of hydrogen-bond donors (Lipinski definition) is 1. The van der Waals surface area contributed by atoms with E-state index in [0.29, 0.717) is 31.7 Å². The fourth-order valence-corrected chi connectivity index (χ4v) is 5.47. The van der Waals surface area contributed by atoms with Gasteiger partial charge in [-0.1, -0.05) is 20.3 Å². The SMILES string of the molecule is CCCNC(=O)[C@@H]1Cc2cc(S(=O)(=O)N3CCCCC3)ccc2N1C(=O)CC. The van der Waals surface area contributed by atoms with E-state index in [-0.39, 0.29) is 23.1 Å². The van der Waals surface area contributed by atoms with Gasteiger partial charge in [0.2, 0.25) is 21.8 Å².